The molecule has 0 saturated heterocycles. The van der Waals surface area contributed by atoms with Crippen LogP contribution in [-0.2, 0) is 9.53 Å². The fourth-order valence-corrected chi connectivity index (χ4v) is 1.90. The molecular formula is C13H15Cl2NO3. The minimum atomic E-state index is -0.723. The van der Waals surface area contributed by atoms with Gasteiger partial charge in [-0.05, 0) is 32.9 Å². The molecule has 1 aromatic rings. The molecule has 0 aliphatic heterocycles. The molecule has 4 nitrogen and oxygen atoms in total. The van der Waals surface area contributed by atoms with Gasteiger partial charge in [0, 0.05) is 5.54 Å². The molecule has 0 saturated carbocycles. The monoisotopic (exact) mass is 303 g/mol. The minimum absolute atomic E-state index is 0.0643. The average molecular weight is 304 g/mol. The molecule has 0 heterocycles. The van der Waals surface area contributed by atoms with Crippen molar-refractivity contribution < 1.29 is 14.3 Å². The lowest BCUT2D eigenvalue weighted by Crippen LogP contribution is -2.42. The van der Waals surface area contributed by atoms with Crippen LogP contribution in [0.5, 0.6) is 0 Å². The van der Waals surface area contributed by atoms with E-state index in [4.69, 9.17) is 27.9 Å². The summed E-state index contributed by atoms with van der Waals surface area (Å²) in [7, 11) is 0. The number of amides is 1. The van der Waals surface area contributed by atoms with Crippen molar-refractivity contribution in [2.75, 3.05) is 6.61 Å². The average Bonchev–Trinajstić information content (AvgIpc) is 2.23. The first kappa shape index (κ1) is 15.8. The molecule has 6 heteroatoms. The van der Waals surface area contributed by atoms with Crippen LogP contribution in [0.15, 0.2) is 18.2 Å². The van der Waals surface area contributed by atoms with E-state index < -0.39 is 5.97 Å². The molecule has 0 aliphatic carbocycles. The number of hydrogen-bond acceptors (Lipinski definition) is 3. The molecule has 0 aliphatic rings. The van der Waals surface area contributed by atoms with Crippen LogP contribution in [0.4, 0.5) is 0 Å². The predicted molar refractivity (Wildman–Crippen MR) is 74.6 cm³/mol. The summed E-state index contributed by atoms with van der Waals surface area (Å²) < 4.78 is 4.88. The third-order valence-corrected chi connectivity index (χ3v) is 2.65. The van der Waals surface area contributed by atoms with Crippen LogP contribution in [0, 0.1) is 0 Å². The van der Waals surface area contributed by atoms with Crippen molar-refractivity contribution in [1.82, 2.24) is 5.32 Å². The number of hydrogen-bond donors (Lipinski definition) is 1. The van der Waals surface area contributed by atoms with Gasteiger partial charge in [-0.25, -0.2) is 4.79 Å². The molecule has 1 aromatic carbocycles. The lowest BCUT2D eigenvalue weighted by Gasteiger charge is -2.20. The molecule has 0 fully saturated rings. The van der Waals surface area contributed by atoms with Crippen molar-refractivity contribution in [1.29, 1.82) is 0 Å². The van der Waals surface area contributed by atoms with Crippen molar-refractivity contribution in [3.05, 3.63) is 33.8 Å². The van der Waals surface area contributed by atoms with E-state index in [-0.39, 0.29) is 33.7 Å². The molecule has 1 amide bonds. The molecule has 0 radical (unpaired) electrons. The van der Waals surface area contributed by atoms with Gasteiger partial charge in [0.15, 0.2) is 6.61 Å². The summed E-state index contributed by atoms with van der Waals surface area (Å²) in [5.74, 6) is -1.11. The molecular weight excluding hydrogens is 289 g/mol. The second-order valence-corrected chi connectivity index (χ2v) is 5.79. The van der Waals surface area contributed by atoms with Gasteiger partial charge in [-0.1, -0.05) is 29.3 Å². The van der Waals surface area contributed by atoms with E-state index in [0.717, 1.165) is 0 Å². The molecule has 1 N–H and O–H groups in total. The van der Waals surface area contributed by atoms with Crippen molar-refractivity contribution in [3.63, 3.8) is 0 Å². The molecule has 0 atom stereocenters. The summed E-state index contributed by atoms with van der Waals surface area (Å²) >= 11 is 11.7. The number of halogens is 2. The minimum Gasteiger partial charge on any atom is -0.452 e. The lowest BCUT2D eigenvalue weighted by atomic mass is 10.1. The summed E-state index contributed by atoms with van der Waals surface area (Å²) in [5, 5.41) is 3.05. The Kier molecular flexibility index (Phi) is 5.20. The second kappa shape index (κ2) is 6.26. The maximum Gasteiger partial charge on any atom is 0.341 e. The quantitative estimate of drug-likeness (QED) is 0.873. The molecule has 104 valence electrons. The standard InChI is InChI=1S/C13H15Cl2NO3/c1-13(2,3)16-10(17)7-19-12(18)11-8(14)5-4-6-9(11)15/h4-6H,7H2,1-3H3,(H,16,17). The van der Waals surface area contributed by atoms with Crippen molar-refractivity contribution >= 4 is 35.1 Å². The normalized spacial score (nSPS) is 11.0. The van der Waals surface area contributed by atoms with E-state index >= 15 is 0 Å². The summed E-state index contributed by atoms with van der Waals surface area (Å²) in [5.41, 5.74) is -0.319. The first-order valence-corrected chi connectivity index (χ1v) is 6.38. The largest absolute Gasteiger partial charge is 0.452 e. The van der Waals surface area contributed by atoms with E-state index in [0.29, 0.717) is 0 Å². The molecule has 0 aromatic heterocycles. The Hall–Kier alpha value is -1.26. The van der Waals surface area contributed by atoms with Gasteiger partial charge in [-0.15, -0.1) is 0 Å². The van der Waals surface area contributed by atoms with Gasteiger partial charge in [0.1, 0.15) is 0 Å². The first-order chi connectivity index (χ1) is 8.70. The van der Waals surface area contributed by atoms with Crippen LogP contribution in [0.25, 0.3) is 0 Å². The summed E-state index contributed by atoms with van der Waals surface area (Å²) in [6.45, 7) is 5.12. The molecule has 0 bridgehead atoms. The predicted octanol–water partition coefficient (Wildman–Crippen LogP) is 3.06. The van der Waals surface area contributed by atoms with Crippen LogP contribution < -0.4 is 5.32 Å². The number of rotatable bonds is 3. The smallest absolute Gasteiger partial charge is 0.341 e. The molecule has 0 spiro atoms. The van der Waals surface area contributed by atoms with Crippen LogP contribution in [0.2, 0.25) is 10.0 Å². The summed E-state index contributed by atoms with van der Waals surface area (Å²) in [4.78, 5) is 23.3. The van der Waals surface area contributed by atoms with E-state index in [2.05, 4.69) is 5.32 Å². The zero-order valence-corrected chi connectivity index (χ0v) is 12.4. The van der Waals surface area contributed by atoms with E-state index in [9.17, 15) is 9.59 Å². The van der Waals surface area contributed by atoms with E-state index in [1.165, 1.54) is 12.1 Å². The van der Waals surface area contributed by atoms with Gasteiger partial charge in [0.05, 0.1) is 15.6 Å². The highest BCUT2D eigenvalue weighted by molar-refractivity contribution is 6.39. The molecule has 0 unspecified atom stereocenters. The fraction of sp³-hybridized carbons (Fsp3) is 0.385. The number of esters is 1. The zero-order valence-electron chi connectivity index (χ0n) is 10.9. The Morgan fingerprint density at radius 2 is 1.74 bits per heavy atom. The van der Waals surface area contributed by atoms with Crippen molar-refractivity contribution in [2.24, 2.45) is 0 Å². The lowest BCUT2D eigenvalue weighted by molar-refractivity contribution is -0.125. The number of nitrogens with one attached hydrogen (secondary N) is 1. The van der Waals surface area contributed by atoms with Gasteiger partial charge in [-0.2, -0.15) is 0 Å². The Morgan fingerprint density at radius 1 is 1.21 bits per heavy atom. The SMILES string of the molecule is CC(C)(C)NC(=O)COC(=O)c1c(Cl)cccc1Cl. The van der Waals surface area contributed by atoms with Crippen molar-refractivity contribution in [2.45, 2.75) is 26.3 Å². The van der Waals surface area contributed by atoms with Crippen LogP contribution in [0.1, 0.15) is 31.1 Å². The maximum absolute atomic E-state index is 11.8. The second-order valence-electron chi connectivity index (χ2n) is 4.97. The summed E-state index contributed by atoms with van der Waals surface area (Å²) in [6.07, 6.45) is 0. The Bertz CT molecular complexity index is 475. The Labute approximate surface area is 122 Å². The van der Waals surface area contributed by atoms with Crippen molar-refractivity contribution in [3.8, 4) is 0 Å². The highest BCUT2D eigenvalue weighted by atomic mass is 35.5. The molecule has 19 heavy (non-hydrogen) atoms. The molecule has 1 rings (SSSR count). The van der Waals surface area contributed by atoms with E-state index in [1.807, 2.05) is 20.8 Å². The van der Waals surface area contributed by atoms with Gasteiger partial charge in [0.2, 0.25) is 0 Å². The first-order valence-electron chi connectivity index (χ1n) is 5.63. The highest BCUT2D eigenvalue weighted by Crippen LogP contribution is 2.24. The topological polar surface area (TPSA) is 55.4 Å². The van der Waals surface area contributed by atoms with Gasteiger partial charge in [0.25, 0.3) is 5.91 Å². The van der Waals surface area contributed by atoms with Gasteiger partial charge >= 0.3 is 5.97 Å². The fourth-order valence-electron chi connectivity index (χ4n) is 1.35. The van der Waals surface area contributed by atoms with E-state index in [1.54, 1.807) is 6.07 Å². The summed E-state index contributed by atoms with van der Waals surface area (Å²) in [6, 6.07) is 4.67. The highest BCUT2D eigenvalue weighted by Gasteiger charge is 2.19. The van der Waals surface area contributed by atoms with Gasteiger partial charge in [-0.3, -0.25) is 4.79 Å². The number of carbonyl (C=O) groups excluding carboxylic acids is 2. The third kappa shape index (κ3) is 5.09. The third-order valence-electron chi connectivity index (χ3n) is 2.02. The number of carbonyl (C=O) groups is 2. The Morgan fingerprint density at radius 3 is 2.21 bits per heavy atom. The number of benzene rings is 1. The Balaban J connectivity index is 2.64. The maximum atomic E-state index is 11.8. The van der Waals surface area contributed by atoms with Crippen LogP contribution in [0.3, 0.4) is 0 Å². The van der Waals surface area contributed by atoms with Crippen LogP contribution >= 0.6 is 23.2 Å². The zero-order chi connectivity index (χ0) is 14.6. The van der Waals surface area contributed by atoms with Gasteiger partial charge < -0.3 is 10.1 Å². The number of ether oxygens (including phenoxy) is 1. The van der Waals surface area contributed by atoms with Crippen LogP contribution in [-0.4, -0.2) is 24.0 Å².